The fourth-order valence-corrected chi connectivity index (χ4v) is 3.20. The van der Waals surface area contributed by atoms with Gasteiger partial charge in [0.25, 0.3) is 0 Å². The van der Waals surface area contributed by atoms with Crippen molar-refractivity contribution in [1.82, 2.24) is 0 Å². The maximum Gasteiger partial charge on any atom is 0.509 e. The molecule has 3 aliphatic rings. The fraction of sp³-hybridized carbons (Fsp3) is 0.786. The van der Waals surface area contributed by atoms with Gasteiger partial charge in [-0.25, -0.2) is 4.79 Å². The summed E-state index contributed by atoms with van der Waals surface area (Å²) in [6.45, 7) is 6.97. The Balaban J connectivity index is 1.72. The first-order valence-corrected chi connectivity index (χ1v) is 6.90. The Morgan fingerprint density at radius 3 is 2.52 bits per heavy atom. The second-order valence-electron chi connectivity index (χ2n) is 6.99. The summed E-state index contributed by atoms with van der Waals surface area (Å²) in [5.41, 5.74) is -1.33. The van der Waals surface area contributed by atoms with E-state index in [1.165, 1.54) is 0 Å². The highest BCUT2D eigenvalue weighted by atomic mass is 16.8. The van der Waals surface area contributed by atoms with E-state index >= 15 is 0 Å². The van der Waals surface area contributed by atoms with Gasteiger partial charge in [0, 0.05) is 0 Å². The summed E-state index contributed by atoms with van der Waals surface area (Å²) in [7, 11) is 0. The number of hydrogen-bond donors (Lipinski definition) is 0. The van der Waals surface area contributed by atoms with E-state index in [2.05, 4.69) is 0 Å². The second-order valence-corrected chi connectivity index (χ2v) is 6.99. The summed E-state index contributed by atoms with van der Waals surface area (Å²) in [4.78, 5) is 35.0. The van der Waals surface area contributed by atoms with Crippen LogP contribution in [0.3, 0.4) is 0 Å². The SMILES string of the molecule is CC(C)(C)C(=O)OC[C@H]1OC(=O)[C@H]2[C@@H]3OC(=O)O[C@@H]3[C@@]12C. The van der Waals surface area contributed by atoms with Crippen LogP contribution in [0, 0.1) is 16.7 Å². The molecule has 0 aromatic rings. The van der Waals surface area contributed by atoms with E-state index in [1.807, 2.05) is 0 Å². The maximum atomic E-state index is 11.9. The third-order valence-corrected chi connectivity index (χ3v) is 4.55. The molecule has 2 saturated heterocycles. The third-order valence-electron chi connectivity index (χ3n) is 4.55. The van der Waals surface area contributed by atoms with Gasteiger partial charge in [-0.15, -0.1) is 0 Å². The Hall–Kier alpha value is -1.79. The van der Waals surface area contributed by atoms with Gasteiger partial charge in [-0.05, 0) is 20.8 Å². The summed E-state index contributed by atoms with van der Waals surface area (Å²) in [6.07, 6.45) is -2.51. The van der Waals surface area contributed by atoms with Gasteiger partial charge >= 0.3 is 18.1 Å². The molecule has 0 radical (unpaired) electrons. The van der Waals surface area contributed by atoms with Gasteiger partial charge in [0.2, 0.25) is 0 Å². The lowest BCUT2D eigenvalue weighted by atomic mass is 9.56. The van der Waals surface area contributed by atoms with Crippen molar-refractivity contribution in [3.05, 3.63) is 0 Å². The molecule has 2 heterocycles. The molecular formula is C14H18O7. The van der Waals surface area contributed by atoms with Gasteiger partial charge in [0.15, 0.2) is 12.2 Å². The van der Waals surface area contributed by atoms with Gasteiger partial charge in [-0.1, -0.05) is 6.92 Å². The number of carbonyl (C=O) groups excluding carboxylic acids is 3. The molecule has 3 rings (SSSR count). The van der Waals surface area contributed by atoms with E-state index in [1.54, 1.807) is 27.7 Å². The van der Waals surface area contributed by atoms with E-state index in [0.29, 0.717) is 0 Å². The largest absolute Gasteiger partial charge is 0.509 e. The van der Waals surface area contributed by atoms with Crippen LogP contribution in [-0.2, 0) is 28.5 Å². The zero-order chi connectivity index (χ0) is 15.6. The Morgan fingerprint density at radius 2 is 1.90 bits per heavy atom. The molecular weight excluding hydrogens is 280 g/mol. The van der Waals surface area contributed by atoms with Crippen LogP contribution in [0.2, 0.25) is 0 Å². The average molecular weight is 298 g/mol. The van der Waals surface area contributed by atoms with Crippen molar-refractivity contribution in [2.45, 2.75) is 46.0 Å². The molecule has 0 amide bonds. The monoisotopic (exact) mass is 298 g/mol. The first kappa shape index (κ1) is 14.2. The highest BCUT2D eigenvalue weighted by molar-refractivity contribution is 5.81. The van der Waals surface area contributed by atoms with Gasteiger partial charge in [0.1, 0.15) is 18.6 Å². The molecule has 21 heavy (non-hydrogen) atoms. The molecule has 1 aliphatic carbocycles. The smallest absolute Gasteiger partial charge is 0.461 e. The number of esters is 2. The van der Waals surface area contributed by atoms with E-state index < -0.39 is 47.2 Å². The Morgan fingerprint density at radius 1 is 1.24 bits per heavy atom. The fourth-order valence-electron chi connectivity index (χ4n) is 3.20. The zero-order valence-electron chi connectivity index (χ0n) is 12.4. The minimum atomic E-state index is -0.765. The summed E-state index contributed by atoms with van der Waals surface area (Å²) >= 11 is 0. The predicted octanol–water partition coefficient (Wildman–Crippen LogP) is 1.04. The minimum absolute atomic E-state index is 0.0460. The van der Waals surface area contributed by atoms with Gasteiger partial charge < -0.3 is 18.9 Å². The summed E-state index contributed by atoms with van der Waals surface area (Å²) in [6, 6.07) is 0. The second kappa shape index (κ2) is 4.11. The number of cyclic esters (lactones) is 1. The first-order valence-electron chi connectivity index (χ1n) is 6.90. The summed E-state index contributed by atoms with van der Waals surface area (Å²) in [5, 5.41) is 0. The number of hydrogen-bond acceptors (Lipinski definition) is 7. The van der Waals surface area contributed by atoms with Crippen LogP contribution in [0.25, 0.3) is 0 Å². The van der Waals surface area contributed by atoms with Gasteiger partial charge in [0.05, 0.1) is 10.8 Å². The molecule has 1 saturated carbocycles. The average Bonchev–Trinajstić information content (AvgIpc) is 2.80. The molecule has 5 atom stereocenters. The van der Waals surface area contributed by atoms with E-state index in [-0.39, 0.29) is 12.6 Å². The highest BCUT2D eigenvalue weighted by Gasteiger charge is 2.77. The molecule has 0 N–H and O–H groups in total. The van der Waals surface area contributed by atoms with Crippen LogP contribution in [0.1, 0.15) is 27.7 Å². The summed E-state index contributed by atoms with van der Waals surface area (Å²) in [5.74, 6) is -1.36. The maximum absolute atomic E-state index is 11.9. The van der Waals surface area contributed by atoms with Crippen LogP contribution < -0.4 is 0 Å². The number of ether oxygens (including phenoxy) is 4. The Kier molecular flexibility index (Phi) is 2.77. The molecule has 0 unspecified atom stereocenters. The molecule has 0 aromatic heterocycles. The molecule has 7 nitrogen and oxygen atoms in total. The topological polar surface area (TPSA) is 88.1 Å². The first-order chi connectivity index (χ1) is 9.65. The lowest BCUT2D eigenvalue weighted by molar-refractivity contribution is -0.168. The lowest BCUT2D eigenvalue weighted by Gasteiger charge is -2.47. The van der Waals surface area contributed by atoms with Gasteiger partial charge in [-0.2, -0.15) is 0 Å². The van der Waals surface area contributed by atoms with Crippen molar-refractivity contribution < 1.29 is 33.3 Å². The van der Waals surface area contributed by atoms with Crippen molar-refractivity contribution in [2.75, 3.05) is 6.61 Å². The molecule has 0 bridgehead atoms. The van der Waals surface area contributed by atoms with Gasteiger partial charge in [-0.3, -0.25) is 9.59 Å². The third kappa shape index (κ3) is 1.82. The summed E-state index contributed by atoms with van der Waals surface area (Å²) < 4.78 is 20.6. The van der Waals surface area contributed by atoms with E-state index in [0.717, 1.165) is 0 Å². The number of rotatable bonds is 2. The van der Waals surface area contributed by atoms with Crippen molar-refractivity contribution >= 4 is 18.1 Å². The number of fused-ring (bicyclic) bond motifs is 4. The van der Waals surface area contributed by atoms with Crippen LogP contribution in [-0.4, -0.2) is 43.0 Å². The van der Waals surface area contributed by atoms with Crippen LogP contribution in [0.5, 0.6) is 0 Å². The number of carbonyl (C=O) groups is 3. The zero-order valence-corrected chi connectivity index (χ0v) is 12.4. The Bertz CT molecular complexity index is 520. The van der Waals surface area contributed by atoms with Crippen molar-refractivity contribution in [3.8, 4) is 0 Å². The molecule has 0 aromatic carbocycles. The quantitative estimate of drug-likeness (QED) is 0.556. The minimum Gasteiger partial charge on any atom is -0.461 e. The molecule has 2 aliphatic heterocycles. The molecule has 116 valence electrons. The van der Waals surface area contributed by atoms with Crippen molar-refractivity contribution in [1.29, 1.82) is 0 Å². The molecule has 3 fully saturated rings. The van der Waals surface area contributed by atoms with E-state index in [9.17, 15) is 14.4 Å². The lowest BCUT2D eigenvalue weighted by Crippen LogP contribution is -2.64. The Labute approximate surface area is 121 Å². The van der Waals surface area contributed by atoms with Crippen molar-refractivity contribution in [3.63, 3.8) is 0 Å². The molecule has 7 heteroatoms. The van der Waals surface area contributed by atoms with E-state index in [4.69, 9.17) is 18.9 Å². The highest BCUT2D eigenvalue weighted by Crippen LogP contribution is 2.59. The standard InChI is InChI=1S/C14H18O7/c1-13(2,3)11(16)18-5-6-14(4)7(10(15)19-6)8-9(14)21-12(17)20-8/h6-9H,5H2,1-4H3/t6-,7-,8+,9+,14+/m1/s1. The van der Waals surface area contributed by atoms with Crippen LogP contribution in [0.15, 0.2) is 0 Å². The van der Waals surface area contributed by atoms with Crippen molar-refractivity contribution in [2.24, 2.45) is 16.7 Å². The molecule has 0 spiro atoms. The van der Waals surface area contributed by atoms with Crippen LogP contribution in [0.4, 0.5) is 4.79 Å². The van der Waals surface area contributed by atoms with Crippen LogP contribution >= 0.6 is 0 Å². The predicted molar refractivity (Wildman–Crippen MR) is 67.0 cm³/mol. The normalized spacial score (nSPS) is 40.4.